The number of aromatic nitrogens is 1. The average molecular weight is 369 g/mol. The van der Waals surface area contributed by atoms with Crippen molar-refractivity contribution in [2.24, 2.45) is 0 Å². The summed E-state index contributed by atoms with van der Waals surface area (Å²) in [5, 5.41) is 10.7. The molecule has 3 heterocycles. The molecule has 1 aromatic carbocycles. The number of hydrogen-bond acceptors (Lipinski definition) is 5. The van der Waals surface area contributed by atoms with E-state index in [1.165, 1.54) is 11.3 Å². The summed E-state index contributed by atoms with van der Waals surface area (Å²) < 4.78 is 0. The van der Waals surface area contributed by atoms with Crippen LogP contribution in [0.3, 0.4) is 0 Å². The zero-order valence-corrected chi connectivity index (χ0v) is 15.1. The number of nitrogens with one attached hydrogen (secondary N) is 2. The summed E-state index contributed by atoms with van der Waals surface area (Å²) in [5.74, 6) is -0.123. The molecule has 2 N–H and O–H groups in total. The first-order chi connectivity index (χ1) is 12.1. The summed E-state index contributed by atoms with van der Waals surface area (Å²) in [6.45, 7) is 1.85. The Morgan fingerprint density at radius 1 is 1.28 bits per heavy atom. The van der Waals surface area contributed by atoms with Gasteiger partial charge in [0, 0.05) is 28.7 Å². The first-order valence-electron chi connectivity index (χ1n) is 7.84. The van der Waals surface area contributed by atoms with E-state index in [2.05, 4.69) is 15.6 Å². The Morgan fingerprint density at radius 3 is 2.96 bits per heavy atom. The van der Waals surface area contributed by atoms with E-state index in [-0.39, 0.29) is 11.8 Å². The molecule has 0 aliphatic carbocycles. The summed E-state index contributed by atoms with van der Waals surface area (Å²) in [6, 6.07) is 7.56. The molecule has 0 bridgehead atoms. The fourth-order valence-corrected chi connectivity index (χ4v) is 4.44. The minimum Gasteiger partial charge on any atom is -0.326 e. The molecule has 25 heavy (non-hydrogen) atoms. The van der Waals surface area contributed by atoms with Crippen LogP contribution < -0.4 is 10.6 Å². The Hall–Kier alpha value is -2.51. The molecule has 7 heteroatoms. The van der Waals surface area contributed by atoms with Crippen molar-refractivity contribution in [3.8, 4) is 10.6 Å². The van der Waals surface area contributed by atoms with Crippen LogP contribution in [-0.2, 0) is 11.2 Å². The molecule has 126 valence electrons. The van der Waals surface area contributed by atoms with Gasteiger partial charge in [-0.25, -0.2) is 4.98 Å². The molecule has 2 amide bonds. The fraction of sp³-hybridized carbons (Fsp3) is 0.167. The maximum Gasteiger partial charge on any atom is 0.267 e. The molecular weight excluding hydrogens is 354 g/mol. The number of carbonyl (C=O) groups excluding carboxylic acids is 2. The molecule has 0 spiro atoms. The lowest BCUT2D eigenvalue weighted by Crippen LogP contribution is -2.19. The van der Waals surface area contributed by atoms with Crippen LogP contribution >= 0.6 is 22.7 Å². The van der Waals surface area contributed by atoms with Gasteiger partial charge in [-0.2, -0.15) is 11.3 Å². The maximum absolute atomic E-state index is 12.6. The molecule has 0 fully saturated rings. The van der Waals surface area contributed by atoms with Crippen molar-refractivity contribution >= 4 is 45.9 Å². The van der Waals surface area contributed by atoms with E-state index >= 15 is 0 Å². The lowest BCUT2D eigenvalue weighted by molar-refractivity contribution is -0.116. The number of anilines is 2. The van der Waals surface area contributed by atoms with Gasteiger partial charge in [0.25, 0.3) is 5.91 Å². The molecule has 0 saturated heterocycles. The third-order valence-corrected chi connectivity index (χ3v) is 5.92. The third kappa shape index (κ3) is 3.20. The summed E-state index contributed by atoms with van der Waals surface area (Å²) in [6.07, 6.45) is 1.16. The fourth-order valence-electron chi connectivity index (χ4n) is 2.77. The molecule has 1 aliphatic heterocycles. The highest BCUT2D eigenvalue weighted by molar-refractivity contribution is 7.17. The van der Waals surface area contributed by atoms with Gasteiger partial charge in [-0.05, 0) is 48.6 Å². The van der Waals surface area contributed by atoms with Gasteiger partial charge >= 0.3 is 0 Å². The van der Waals surface area contributed by atoms with Gasteiger partial charge < -0.3 is 10.6 Å². The molecule has 0 unspecified atom stereocenters. The SMILES string of the molecule is Cc1nc(-c2ccsc2)sc1C(=O)Nc1ccc2c(c1)CCC(=O)N2. The summed E-state index contributed by atoms with van der Waals surface area (Å²) in [7, 11) is 0. The smallest absolute Gasteiger partial charge is 0.267 e. The van der Waals surface area contributed by atoms with Gasteiger partial charge in [0.1, 0.15) is 9.88 Å². The number of aryl methyl sites for hydroxylation is 2. The lowest BCUT2D eigenvalue weighted by Gasteiger charge is -2.17. The normalized spacial score (nSPS) is 13.2. The number of carbonyl (C=O) groups is 2. The highest BCUT2D eigenvalue weighted by Crippen LogP contribution is 2.30. The number of thiophene rings is 1. The van der Waals surface area contributed by atoms with E-state index in [4.69, 9.17) is 0 Å². The van der Waals surface area contributed by atoms with Crippen molar-refractivity contribution in [2.45, 2.75) is 19.8 Å². The molecule has 1 aliphatic rings. The van der Waals surface area contributed by atoms with Crippen LogP contribution in [0.25, 0.3) is 10.6 Å². The second-order valence-corrected chi connectivity index (χ2v) is 7.60. The van der Waals surface area contributed by atoms with Crippen molar-refractivity contribution in [1.82, 2.24) is 4.98 Å². The molecule has 2 aromatic heterocycles. The first-order valence-corrected chi connectivity index (χ1v) is 9.60. The van der Waals surface area contributed by atoms with Crippen LogP contribution in [0.15, 0.2) is 35.0 Å². The average Bonchev–Trinajstić information content (AvgIpc) is 3.24. The Morgan fingerprint density at radius 2 is 2.16 bits per heavy atom. The van der Waals surface area contributed by atoms with Gasteiger partial charge in [-0.1, -0.05) is 0 Å². The van der Waals surface area contributed by atoms with Crippen LogP contribution in [0.2, 0.25) is 0 Å². The van der Waals surface area contributed by atoms with Crippen LogP contribution in [0.1, 0.15) is 27.3 Å². The highest BCUT2D eigenvalue weighted by atomic mass is 32.1. The summed E-state index contributed by atoms with van der Waals surface area (Å²) in [5.41, 5.74) is 4.36. The first kappa shape index (κ1) is 16.0. The Labute approximate surface area is 152 Å². The van der Waals surface area contributed by atoms with Crippen LogP contribution in [0.5, 0.6) is 0 Å². The van der Waals surface area contributed by atoms with E-state index in [0.29, 0.717) is 17.7 Å². The van der Waals surface area contributed by atoms with Gasteiger partial charge in [-0.3, -0.25) is 9.59 Å². The number of hydrogen-bond donors (Lipinski definition) is 2. The van der Waals surface area contributed by atoms with Crippen LogP contribution in [0.4, 0.5) is 11.4 Å². The maximum atomic E-state index is 12.6. The van der Waals surface area contributed by atoms with Gasteiger partial charge in [0.2, 0.25) is 5.91 Å². The Kier molecular flexibility index (Phi) is 4.10. The Bertz CT molecular complexity index is 961. The second kappa shape index (κ2) is 6.42. The number of benzene rings is 1. The molecule has 3 aromatic rings. The number of rotatable bonds is 3. The largest absolute Gasteiger partial charge is 0.326 e. The van der Waals surface area contributed by atoms with E-state index in [9.17, 15) is 9.59 Å². The number of amides is 2. The zero-order chi connectivity index (χ0) is 17.4. The topological polar surface area (TPSA) is 71.1 Å². The monoisotopic (exact) mass is 369 g/mol. The predicted octanol–water partition coefficient (Wildman–Crippen LogP) is 4.32. The molecule has 0 radical (unpaired) electrons. The van der Waals surface area contributed by atoms with Gasteiger partial charge in [-0.15, -0.1) is 11.3 Å². The Balaban J connectivity index is 1.55. The van der Waals surface area contributed by atoms with Crippen molar-refractivity contribution in [2.75, 3.05) is 10.6 Å². The van der Waals surface area contributed by atoms with Crippen molar-refractivity contribution in [1.29, 1.82) is 0 Å². The minimum atomic E-state index is -0.156. The number of thiazole rings is 1. The number of fused-ring (bicyclic) bond motifs is 1. The molecular formula is C18H15N3O2S2. The minimum absolute atomic E-state index is 0.0329. The van der Waals surface area contributed by atoms with E-state index in [1.54, 1.807) is 17.4 Å². The van der Waals surface area contributed by atoms with Crippen molar-refractivity contribution in [3.63, 3.8) is 0 Å². The van der Waals surface area contributed by atoms with Crippen LogP contribution in [-0.4, -0.2) is 16.8 Å². The molecule has 0 saturated carbocycles. The van der Waals surface area contributed by atoms with E-state index in [0.717, 1.165) is 33.2 Å². The van der Waals surface area contributed by atoms with Crippen LogP contribution in [0, 0.1) is 6.92 Å². The van der Waals surface area contributed by atoms with Gasteiger partial charge in [0.05, 0.1) is 5.69 Å². The van der Waals surface area contributed by atoms with Gasteiger partial charge in [0.15, 0.2) is 0 Å². The predicted molar refractivity (Wildman–Crippen MR) is 102 cm³/mol. The summed E-state index contributed by atoms with van der Waals surface area (Å²) in [4.78, 5) is 29.2. The zero-order valence-electron chi connectivity index (χ0n) is 13.5. The standard InChI is InChI=1S/C18H15N3O2S2/c1-10-16(25-18(19-10)12-6-7-24-9-12)17(23)20-13-3-4-14-11(8-13)2-5-15(22)21-14/h3-4,6-9H,2,5H2,1H3,(H,20,23)(H,21,22). The second-order valence-electron chi connectivity index (χ2n) is 5.82. The highest BCUT2D eigenvalue weighted by Gasteiger charge is 2.18. The summed E-state index contributed by atoms with van der Waals surface area (Å²) >= 11 is 3.01. The molecule has 4 rings (SSSR count). The quantitative estimate of drug-likeness (QED) is 0.722. The van der Waals surface area contributed by atoms with Crippen molar-refractivity contribution < 1.29 is 9.59 Å². The number of nitrogens with zero attached hydrogens (tertiary/aromatic N) is 1. The molecule has 5 nitrogen and oxygen atoms in total. The van der Waals surface area contributed by atoms with E-state index < -0.39 is 0 Å². The van der Waals surface area contributed by atoms with Crippen molar-refractivity contribution in [3.05, 3.63) is 51.2 Å². The third-order valence-electron chi connectivity index (χ3n) is 4.03. The van der Waals surface area contributed by atoms with E-state index in [1.807, 2.05) is 35.9 Å². The lowest BCUT2D eigenvalue weighted by atomic mass is 10.0. The molecule has 0 atom stereocenters.